The molecule has 0 aliphatic heterocycles. The summed E-state index contributed by atoms with van der Waals surface area (Å²) in [6.45, 7) is 0. The molecule has 2 aromatic heterocycles. The van der Waals surface area contributed by atoms with Gasteiger partial charge < -0.3 is 28.5 Å². The van der Waals surface area contributed by atoms with Crippen LogP contribution in [0.2, 0.25) is 0 Å². The summed E-state index contributed by atoms with van der Waals surface area (Å²) < 4.78 is 34.9. The van der Waals surface area contributed by atoms with Crippen LogP contribution in [-0.4, -0.2) is 14.2 Å². The zero-order valence-electron chi connectivity index (χ0n) is 42.8. The van der Waals surface area contributed by atoms with Crippen LogP contribution in [0.4, 0.5) is 4.39 Å². The van der Waals surface area contributed by atoms with Crippen LogP contribution < -0.4 is 14.2 Å². The monoisotopic (exact) mass is 1030 g/mol. The maximum Gasteiger partial charge on any atom is 0.131 e. The van der Waals surface area contributed by atoms with Gasteiger partial charge in [-0.1, -0.05) is 170 Å². The SMILES string of the molecule is Fc1cccc(Oc2ccccc2)c1.Oc1ccc(-c2ccc(-n3c4ccccc4c4ccccc43)cc2)cc1.c1ccc(Oc2cccc(Oc3ccc(-c4ccc(-n5c6ccccc6c6ccccc65)cc4)cc3)c2)cc1. The Kier molecular flexibility index (Phi) is 14.1. The van der Waals surface area contributed by atoms with Gasteiger partial charge in [0.1, 0.15) is 46.1 Å². The van der Waals surface area contributed by atoms with Crippen molar-refractivity contribution < 1.29 is 23.7 Å². The number of hydrogen-bond acceptors (Lipinski definition) is 4. The molecular formula is C72H51FN2O4. The summed E-state index contributed by atoms with van der Waals surface area (Å²) in [6, 6.07) is 99.8. The lowest BCUT2D eigenvalue weighted by Gasteiger charge is -2.11. The number of nitrogens with zero attached hydrogens (tertiary/aromatic N) is 2. The van der Waals surface area contributed by atoms with Crippen LogP contribution in [0, 0.1) is 5.82 Å². The van der Waals surface area contributed by atoms with Gasteiger partial charge in [-0.15, -0.1) is 0 Å². The molecule has 0 saturated carbocycles. The Morgan fingerprint density at radius 3 is 0.924 bits per heavy atom. The first-order valence-corrected chi connectivity index (χ1v) is 26.0. The molecule has 0 spiro atoms. The third-order valence-corrected chi connectivity index (χ3v) is 13.6. The Balaban J connectivity index is 0.000000133. The van der Waals surface area contributed by atoms with Crippen molar-refractivity contribution in [2.24, 2.45) is 0 Å². The van der Waals surface area contributed by atoms with E-state index in [4.69, 9.17) is 14.2 Å². The number of aromatic nitrogens is 2. The van der Waals surface area contributed by atoms with Gasteiger partial charge in [0.2, 0.25) is 0 Å². The van der Waals surface area contributed by atoms with Gasteiger partial charge in [-0.2, -0.15) is 0 Å². The van der Waals surface area contributed by atoms with Crippen molar-refractivity contribution >= 4 is 43.6 Å². The van der Waals surface area contributed by atoms with Crippen molar-refractivity contribution in [3.8, 4) is 73.9 Å². The molecule has 0 radical (unpaired) electrons. The average Bonchev–Trinajstić information content (AvgIpc) is 4.14. The standard InChI is InChI=1S/C36H25NO2.C24H17NO.C12H9FO/c1-2-9-29(10-3-1)38-31-11-8-12-32(25-31)39-30-23-19-27(20-24-30)26-17-21-28(22-18-26)37-35-15-6-4-13-33(35)34-14-5-7-16-36(34)37;26-20-15-11-18(12-16-20)17-9-13-19(14-10-17)25-23-7-3-1-5-21(23)22-6-2-4-8-24(22)25;13-10-5-4-8-12(9-10)14-11-6-2-1-3-7-11/h1-25H;1-16,26H;1-9H. The summed E-state index contributed by atoms with van der Waals surface area (Å²) >= 11 is 0. The summed E-state index contributed by atoms with van der Waals surface area (Å²) in [5.74, 6) is 4.24. The number of aromatic hydroxyl groups is 1. The Labute approximate surface area is 457 Å². The Hall–Kier alpha value is -10.6. The minimum atomic E-state index is -0.293. The number of fused-ring (bicyclic) bond motifs is 6. The molecule has 0 aliphatic carbocycles. The second kappa shape index (κ2) is 22.7. The first kappa shape index (κ1) is 49.3. The topological polar surface area (TPSA) is 57.8 Å². The second-order valence-corrected chi connectivity index (χ2v) is 18.8. The molecular weight excluding hydrogens is 976 g/mol. The van der Waals surface area contributed by atoms with E-state index in [0.29, 0.717) is 11.5 Å². The third kappa shape index (κ3) is 11.1. The minimum Gasteiger partial charge on any atom is -0.508 e. The highest BCUT2D eigenvalue weighted by Crippen LogP contribution is 2.36. The van der Waals surface area contributed by atoms with Gasteiger partial charge in [0.05, 0.1) is 22.1 Å². The van der Waals surface area contributed by atoms with Gasteiger partial charge in [-0.25, -0.2) is 4.39 Å². The summed E-state index contributed by atoms with van der Waals surface area (Å²) in [4.78, 5) is 0. The molecule has 0 amide bonds. The van der Waals surface area contributed by atoms with Crippen LogP contribution in [0.25, 0.3) is 77.2 Å². The molecule has 14 rings (SSSR count). The molecule has 0 unspecified atom stereocenters. The zero-order chi connectivity index (χ0) is 53.3. The van der Waals surface area contributed by atoms with E-state index in [9.17, 15) is 9.50 Å². The lowest BCUT2D eigenvalue weighted by molar-refractivity contribution is 0.460. The fourth-order valence-corrected chi connectivity index (χ4v) is 9.89. The number of hydrogen-bond donors (Lipinski definition) is 1. The van der Waals surface area contributed by atoms with E-state index in [1.54, 1.807) is 24.3 Å². The number of benzene rings is 12. The van der Waals surface area contributed by atoms with Crippen LogP contribution in [-0.2, 0) is 0 Å². The molecule has 12 aromatic carbocycles. The maximum absolute atomic E-state index is 12.8. The van der Waals surface area contributed by atoms with E-state index in [0.717, 1.165) is 56.6 Å². The molecule has 2 heterocycles. The molecule has 79 heavy (non-hydrogen) atoms. The number of para-hydroxylation sites is 6. The normalized spacial score (nSPS) is 10.9. The van der Waals surface area contributed by atoms with Gasteiger partial charge in [0, 0.05) is 45.1 Å². The van der Waals surface area contributed by atoms with Crippen LogP contribution in [0.3, 0.4) is 0 Å². The molecule has 0 bridgehead atoms. The molecule has 0 saturated heterocycles. The second-order valence-electron chi connectivity index (χ2n) is 18.8. The Morgan fingerprint density at radius 2 is 0.544 bits per heavy atom. The van der Waals surface area contributed by atoms with Crippen molar-refractivity contribution in [3.63, 3.8) is 0 Å². The lowest BCUT2D eigenvalue weighted by atomic mass is 10.1. The number of ether oxygens (including phenoxy) is 3. The smallest absolute Gasteiger partial charge is 0.131 e. The largest absolute Gasteiger partial charge is 0.508 e. The average molecular weight is 1030 g/mol. The predicted octanol–water partition coefficient (Wildman–Crippen LogP) is 19.8. The van der Waals surface area contributed by atoms with Crippen LogP contribution in [0.5, 0.6) is 40.2 Å². The van der Waals surface area contributed by atoms with Crippen molar-refractivity contribution in [2.75, 3.05) is 0 Å². The summed E-state index contributed by atoms with van der Waals surface area (Å²) in [5.41, 5.74) is 11.7. The number of rotatable bonds is 10. The molecule has 6 nitrogen and oxygen atoms in total. The fraction of sp³-hybridized carbons (Fsp3) is 0. The molecule has 380 valence electrons. The molecule has 7 heteroatoms. The number of phenolic OH excluding ortho intramolecular Hbond substituents is 1. The molecule has 1 N–H and O–H groups in total. The van der Waals surface area contributed by atoms with Crippen molar-refractivity contribution in [1.82, 2.24) is 9.13 Å². The van der Waals surface area contributed by atoms with Gasteiger partial charge in [-0.3, -0.25) is 0 Å². The Bertz CT molecular complexity index is 4220. The summed E-state index contributed by atoms with van der Waals surface area (Å²) in [7, 11) is 0. The lowest BCUT2D eigenvalue weighted by Crippen LogP contribution is -1.93. The van der Waals surface area contributed by atoms with Gasteiger partial charge in [-0.05, 0) is 144 Å². The minimum absolute atomic E-state index is 0.288. The number of halogens is 1. The third-order valence-electron chi connectivity index (χ3n) is 13.6. The molecule has 0 fully saturated rings. The number of phenols is 1. The Morgan fingerprint density at radius 1 is 0.253 bits per heavy atom. The van der Waals surface area contributed by atoms with E-state index >= 15 is 0 Å². The summed E-state index contributed by atoms with van der Waals surface area (Å²) in [6.07, 6.45) is 0. The highest BCUT2D eigenvalue weighted by molar-refractivity contribution is 6.10. The first-order chi connectivity index (χ1) is 39.0. The first-order valence-electron chi connectivity index (χ1n) is 26.0. The van der Waals surface area contributed by atoms with Crippen LogP contribution in [0.1, 0.15) is 0 Å². The van der Waals surface area contributed by atoms with Crippen molar-refractivity contribution in [1.29, 1.82) is 0 Å². The van der Waals surface area contributed by atoms with Crippen molar-refractivity contribution in [2.45, 2.75) is 0 Å². The predicted molar refractivity (Wildman–Crippen MR) is 320 cm³/mol. The van der Waals surface area contributed by atoms with E-state index in [1.165, 1.54) is 55.7 Å². The molecule has 0 aliphatic rings. The van der Waals surface area contributed by atoms with E-state index in [-0.39, 0.29) is 11.6 Å². The van der Waals surface area contributed by atoms with Gasteiger partial charge >= 0.3 is 0 Å². The van der Waals surface area contributed by atoms with Crippen LogP contribution in [0.15, 0.2) is 303 Å². The highest BCUT2D eigenvalue weighted by Gasteiger charge is 2.14. The fourth-order valence-electron chi connectivity index (χ4n) is 9.89. The summed E-state index contributed by atoms with van der Waals surface area (Å²) in [5, 5.41) is 14.5. The van der Waals surface area contributed by atoms with E-state index in [2.05, 4.69) is 167 Å². The quantitative estimate of drug-likeness (QED) is 0.148. The van der Waals surface area contributed by atoms with E-state index < -0.39 is 0 Å². The zero-order valence-corrected chi connectivity index (χ0v) is 42.8. The molecule has 0 atom stereocenters. The van der Waals surface area contributed by atoms with Gasteiger partial charge in [0.25, 0.3) is 0 Å². The van der Waals surface area contributed by atoms with Crippen molar-refractivity contribution in [3.05, 3.63) is 309 Å². The maximum atomic E-state index is 12.8. The van der Waals surface area contributed by atoms with Gasteiger partial charge in [0.15, 0.2) is 0 Å². The highest BCUT2D eigenvalue weighted by atomic mass is 19.1. The van der Waals surface area contributed by atoms with Crippen LogP contribution >= 0.6 is 0 Å². The molecule has 14 aromatic rings. The van der Waals surface area contributed by atoms with E-state index in [1.807, 2.05) is 109 Å².